The van der Waals surface area contributed by atoms with Crippen molar-refractivity contribution in [2.24, 2.45) is 5.16 Å². The normalized spacial score (nSPS) is 22.3. The van der Waals surface area contributed by atoms with Gasteiger partial charge in [0.15, 0.2) is 5.84 Å². The van der Waals surface area contributed by atoms with E-state index in [4.69, 9.17) is 14.3 Å². The topological polar surface area (TPSA) is 78.2 Å². The molecule has 3 aliphatic rings. The van der Waals surface area contributed by atoms with E-state index >= 15 is 0 Å². The van der Waals surface area contributed by atoms with E-state index in [1.54, 1.807) is 18.3 Å². The highest BCUT2D eigenvalue weighted by Crippen LogP contribution is 2.44. The number of oxime groups is 1. The van der Waals surface area contributed by atoms with Crippen LogP contribution in [0.5, 0.6) is 0 Å². The molecule has 1 atom stereocenters. The summed E-state index contributed by atoms with van der Waals surface area (Å²) in [5.41, 5.74) is 2.48. The SMILES string of the molecule is COC(=O)C1(c2ccc(F)cc2Br)ON=C2/C(=C/C3=CC(OC)=C(n4cnc(C)c4)CC=C3)CCCN21. The first kappa shape index (κ1) is 25.0. The van der Waals surface area contributed by atoms with Gasteiger partial charge in [-0.1, -0.05) is 33.2 Å². The van der Waals surface area contributed by atoms with Crippen LogP contribution in [0.4, 0.5) is 4.39 Å². The Morgan fingerprint density at radius 2 is 2.16 bits per heavy atom. The number of hydrogen-bond donors (Lipinski definition) is 0. The van der Waals surface area contributed by atoms with Crippen molar-refractivity contribution in [3.63, 3.8) is 0 Å². The van der Waals surface area contributed by atoms with Gasteiger partial charge in [-0.2, -0.15) is 0 Å². The number of nitrogens with zero attached hydrogens (tertiary/aromatic N) is 4. The Labute approximate surface area is 222 Å². The van der Waals surface area contributed by atoms with Gasteiger partial charge in [-0.15, -0.1) is 0 Å². The summed E-state index contributed by atoms with van der Waals surface area (Å²) in [7, 11) is 2.94. The molecule has 0 saturated carbocycles. The van der Waals surface area contributed by atoms with Crippen molar-refractivity contribution in [3.8, 4) is 0 Å². The zero-order valence-electron chi connectivity index (χ0n) is 20.7. The maximum absolute atomic E-state index is 13.9. The quantitative estimate of drug-likeness (QED) is 0.462. The third-order valence-corrected chi connectivity index (χ3v) is 7.22. The van der Waals surface area contributed by atoms with Gasteiger partial charge >= 0.3 is 11.7 Å². The standard InChI is InChI=1S/C27H26BrFN4O4/c1-17-15-32(16-30-17)23-8-4-6-18(13-24(23)35-2)12-19-7-5-11-33-25(19)31-37-27(33,26(34)36-3)21-10-9-20(29)14-22(21)28/h4,6,9-10,12-16H,5,7-8,11H2,1-3H3/b19-12+. The number of esters is 1. The van der Waals surface area contributed by atoms with E-state index in [9.17, 15) is 9.18 Å². The van der Waals surface area contributed by atoms with Gasteiger partial charge in [-0.3, -0.25) is 0 Å². The number of imidazole rings is 1. The smallest absolute Gasteiger partial charge is 0.380 e. The summed E-state index contributed by atoms with van der Waals surface area (Å²) in [6, 6.07) is 4.09. The van der Waals surface area contributed by atoms with Crippen LogP contribution in [0, 0.1) is 12.7 Å². The van der Waals surface area contributed by atoms with Crippen molar-refractivity contribution < 1.29 is 23.5 Å². The number of fused-ring (bicyclic) bond motifs is 1. The van der Waals surface area contributed by atoms with E-state index in [0.29, 0.717) is 28.8 Å². The number of aromatic nitrogens is 2. The minimum absolute atomic E-state index is 0.386. The number of hydrogen-bond acceptors (Lipinski definition) is 7. The minimum atomic E-state index is -1.66. The van der Waals surface area contributed by atoms with Crippen molar-refractivity contribution in [2.75, 3.05) is 20.8 Å². The Morgan fingerprint density at radius 3 is 2.86 bits per heavy atom. The van der Waals surface area contributed by atoms with Crippen LogP contribution in [0.2, 0.25) is 0 Å². The van der Waals surface area contributed by atoms with Crippen molar-refractivity contribution in [2.45, 2.75) is 31.9 Å². The van der Waals surface area contributed by atoms with E-state index < -0.39 is 17.5 Å². The number of piperidine rings is 1. The summed E-state index contributed by atoms with van der Waals surface area (Å²) in [5.74, 6) is 0.192. The fraction of sp³-hybridized carbons (Fsp3) is 0.296. The van der Waals surface area contributed by atoms with Crippen molar-refractivity contribution in [1.29, 1.82) is 0 Å². The maximum Gasteiger partial charge on any atom is 0.380 e. The Bertz CT molecular complexity index is 1410. The van der Waals surface area contributed by atoms with Crippen LogP contribution in [0.3, 0.4) is 0 Å². The number of carbonyl (C=O) groups is 1. The van der Waals surface area contributed by atoms with Gasteiger partial charge in [0.05, 0.1) is 31.9 Å². The molecule has 0 amide bonds. The largest absolute Gasteiger partial charge is 0.495 e. The molecule has 1 aromatic heterocycles. The molecule has 0 N–H and O–H groups in total. The lowest BCUT2D eigenvalue weighted by Gasteiger charge is -2.38. The third kappa shape index (κ3) is 4.39. The third-order valence-electron chi connectivity index (χ3n) is 6.56. The van der Waals surface area contributed by atoms with Crippen LogP contribution in [0.1, 0.15) is 30.5 Å². The lowest BCUT2D eigenvalue weighted by atomic mass is 9.94. The number of allylic oxidation sites excluding steroid dienone is 6. The molecule has 5 rings (SSSR count). The second-order valence-corrected chi connectivity index (χ2v) is 9.73. The fourth-order valence-electron chi connectivity index (χ4n) is 4.84. The van der Waals surface area contributed by atoms with E-state index in [2.05, 4.69) is 32.1 Å². The molecule has 37 heavy (non-hydrogen) atoms. The highest BCUT2D eigenvalue weighted by Gasteiger charge is 2.57. The van der Waals surface area contributed by atoms with Gasteiger partial charge in [0.2, 0.25) is 0 Å². The molecule has 1 aliphatic carbocycles. The van der Waals surface area contributed by atoms with Crippen LogP contribution >= 0.6 is 15.9 Å². The number of carbonyl (C=O) groups excluding carboxylic acids is 1. The molecule has 1 fully saturated rings. The molecule has 2 aromatic rings. The second kappa shape index (κ2) is 10.0. The summed E-state index contributed by atoms with van der Waals surface area (Å²) in [5, 5.41) is 4.35. The minimum Gasteiger partial charge on any atom is -0.495 e. The molecular weight excluding hydrogens is 543 g/mol. The van der Waals surface area contributed by atoms with Gasteiger partial charge in [-0.05, 0) is 61.3 Å². The molecule has 0 spiro atoms. The van der Waals surface area contributed by atoms with Crippen molar-refractivity contribution in [1.82, 2.24) is 14.5 Å². The predicted molar refractivity (Wildman–Crippen MR) is 139 cm³/mol. The van der Waals surface area contributed by atoms with Crippen LogP contribution in [-0.4, -0.2) is 47.0 Å². The molecule has 8 nitrogen and oxygen atoms in total. The van der Waals surface area contributed by atoms with Gasteiger partial charge in [0, 0.05) is 29.2 Å². The summed E-state index contributed by atoms with van der Waals surface area (Å²) < 4.78 is 27.1. The zero-order valence-corrected chi connectivity index (χ0v) is 22.3. The lowest BCUT2D eigenvalue weighted by molar-refractivity contribution is -0.186. The number of rotatable bonds is 5. The molecule has 3 heterocycles. The molecule has 0 radical (unpaired) electrons. The molecule has 1 unspecified atom stereocenters. The van der Waals surface area contributed by atoms with Crippen molar-refractivity contribution >= 4 is 33.4 Å². The van der Waals surface area contributed by atoms with Crippen LogP contribution in [0.25, 0.3) is 5.70 Å². The Kier molecular flexibility index (Phi) is 6.76. The number of ether oxygens (including phenoxy) is 2. The van der Waals surface area contributed by atoms with Crippen LogP contribution in [-0.2, 0) is 24.8 Å². The first-order valence-corrected chi connectivity index (χ1v) is 12.6. The monoisotopic (exact) mass is 568 g/mol. The van der Waals surface area contributed by atoms with E-state index in [0.717, 1.165) is 41.1 Å². The van der Waals surface area contributed by atoms with Gasteiger partial charge in [0.25, 0.3) is 0 Å². The highest BCUT2D eigenvalue weighted by atomic mass is 79.9. The average Bonchev–Trinajstić information content (AvgIpc) is 3.43. The van der Waals surface area contributed by atoms with Gasteiger partial charge in [0.1, 0.15) is 11.6 Å². The van der Waals surface area contributed by atoms with E-state index in [1.165, 1.54) is 25.3 Å². The van der Waals surface area contributed by atoms with E-state index in [1.807, 2.05) is 35.9 Å². The molecule has 1 saturated heterocycles. The van der Waals surface area contributed by atoms with E-state index in [-0.39, 0.29) is 0 Å². The summed E-state index contributed by atoms with van der Waals surface area (Å²) in [6.45, 7) is 2.46. The highest BCUT2D eigenvalue weighted by molar-refractivity contribution is 9.10. The average molecular weight is 569 g/mol. The first-order chi connectivity index (χ1) is 17.9. The Morgan fingerprint density at radius 1 is 1.32 bits per heavy atom. The Balaban J connectivity index is 1.53. The molecular formula is C27H26BrFN4O4. The summed E-state index contributed by atoms with van der Waals surface area (Å²) in [6.07, 6.45) is 14.0. The van der Waals surface area contributed by atoms with Crippen LogP contribution in [0.15, 0.2) is 81.6 Å². The lowest BCUT2D eigenvalue weighted by Crippen LogP contribution is -2.54. The molecule has 1 aromatic carbocycles. The van der Waals surface area contributed by atoms with Crippen molar-refractivity contribution in [3.05, 3.63) is 93.5 Å². The number of benzene rings is 1. The first-order valence-electron chi connectivity index (χ1n) is 11.8. The fourth-order valence-corrected chi connectivity index (χ4v) is 5.46. The number of methoxy groups -OCH3 is 2. The Hall–Kier alpha value is -3.66. The summed E-state index contributed by atoms with van der Waals surface area (Å²) >= 11 is 3.39. The molecule has 192 valence electrons. The maximum atomic E-state index is 13.9. The predicted octanol–water partition coefficient (Wildman–Crippen LogP) is 5.19. The second-order valence-electron chi connectivity index (χ2n) is 8.88. The zero-order chi connectivity index (χ0) is 26.2. The van der Waals surface area contributed by atoms with Crippen LogP contribution < -0.4 is 0 Å². The molecule has 2 aliphatic heterocycles. The summed E-state index contributed by atoms with van der Waals surface area (Å²) in [4.78, 5) is 25.2. The van der Waals surface area contributed by atoms with Gasteiger partial charge in [-0.25, -0.2) is 14.2 Å². The van der Waals surface area contributed by atoms with Gasteiger partial charge < -0.3 is 23.8 Å². The number of halogens is 2. The number of aryl methyl sites for hydroxylation is 1. The molecule has 0 bridgehead atoms. The number of amidine groups is 1. The molecule has 10 heteroatoms.